The van der Waals surface area contributed by atoms with Crippen LogP contribution in [0.5, 0.6) is 5.75 Å². The first-order valence-electron chi connectivity index (χ1n) is 12.4. The van der Waals surface area contributed by atoms with Gasteiger partial charge in [0.25, 0.3) is 0 Å². The second-order valence-corrected chi connectivity index (χ2v) is 8.71. The minimum atomic E-state index is -0.862. The number of unbranched alkanes of at least 4 members (excludes halogenated alkanes) is 2. The van der Waals surface area contributed by atoms with Gasteiger partial charge in [-0.1, -0.05) is 84.8 Å². The van der Waals surface area contributed by atoms with Gasteiger partial charge < -0.3 is 14.2 Å². The average molecular weight is 449 g/mol. The Labute approximate surface area is 195 Å². The van der Waals surface area contributed by atoms with Crippen LogP contribution in [0.4, 0.5) is 0 Å². The van der Waals surface area contributed by atoms with Gasteiger partial charge in [-0.05, 0) is 42.4 Å². The fourth-order valence-corrected chi connectivity index (χ4v) is 3.78. The third kappa shape index (κ3) is 10.5. The summed E-state index contributed by atoms with van der Waals surface area (Å²) in [6.07, 6.45) is 8.88. The van der Waals surface area contributed by atoms with E-state index in [2.05, 4.69) is 27.7 Å². The number of hydrogen-bond donors (Lipinski definition) is 0. The molecule has 5 heteroatoms. The summed E-state index contributed by atoms with van der Waals surface area (Å²) in [4.78, 5) is 25.9. The molecule has 0 saturated heterocycles. The zero-order valence-electron chi connectivity index (χ0n) is 20.9. The first-order valence-corrected chi connectivity index (χ1v) is 12.4. The molecule has 0 saturated carbocycles. The highest BCUT2D eigenvalue weighted by molar-refractivity contribution is 5.94. The van der Waals surface area contributed by atoms with Crippen LogP contribution in [0.1, 0.15) is 91.0 Å². The van der Waals surface area contributed by atoms with E-state index in [0.717, 1.165) is 62.7 Å². The highest BCUT2D eigenvalue weighted by atomic mass is 16.6. The van der Waals surface area contributed by atoms with Crippen LogP contribution in [0.25, 0.3) is 0 Å². The molecule has 0 radical (unpaired) electrons. The zero-order chi connectivity index (χ0) is 23.8. The number of carbonyl (C=O) groups excluding carboxylic acids is 2. The van der Waals surface area contributed by atoms with E-state index < -0.39 is 17.9 Å². The lowest BCUT2D eigenvalue weighted by atomic mass is 9.88. The van der Waals surface area contributed by atoms with Crippen molar-refractivity contribution in [2.45, 2.75) is 92.1 Å². The third-order valence-corrected chi connectivity index (χ3v) is 6.23. The van der Waals surface area contributed by atoms with E-state index in [4.69, 9.17) is 14.2 Å². The quantitative estimate of drug-likeness (QED) is 0.195. The summed E-state index contributed by atoms with van der Waals surface area (Å²) in [5, 5.41) is 0. The van der Waals surface area contributed by atoms with Gasteiger partial charge in [-0.2, -0.15) is 0 Å². The van der Waals surface area contributed by atoms with E-state index >= 15 is 0 Å². The maximum absolute atomic E-state index is 13.0. The maximum atomic E-state index is 13.0. The molecule has 0 aliphatic heterocycles. The van der Waals surface area contributed by atoms with Gasteiger partial charge in [0.15, 0.2) is 5.92 Å². The molecule has 3 unspecified atom stereocenters. The monoisotopic (exact) mass is 448 g/mol. The second kappa shape index (κ2) is 16.6. The largest absolute Gasteiger partial charge is 0.497 e. The van der Waals surface area contributed by atoms with Crippen LogP contribution in [-0.2, 0) is 25.7 Å². The average Bonchev–Trinajstić information content (AvgIpc) is 2.83. The molecule has 0 N–H and O–H groups in total. The van der Waals surface area contributed by atoms with Gasteiger partial charge in [-0.3, -0.25) is 9.59 Å². The van der Waals surface area contributed by atoms with Crippen LogP contribution in [0.2, 0.25) is 0 Å². The van der Waals surface area contributed by atoms with Gasteiger partial charge in [-0.25, -0.2) is 0 Å². The summed E-state index contributed by atoms with van der Waals surface area (Å²) in [5.41, 5.74) is 0.856. The van der Waals surface area contributed by atoms with Gasteiger partial charge in [0.05, 0.1) is 13.7 Å². The highest BCUT2D eigenvalue weighted by Gasteiger charge is 2.32. The summed E-state index contributed by atoms with van der Waals surface area (Å²) >= 11 is 0. The van der Waals surface area contributed by atoms with Crippen LogP contribution < -0.4 is 4.74 Å². The summed E-state index contributed by atoms with van der Waals surface area (Å²) in [6.45, 7) is 9.06. The summed E-state index contributed by atoms with van der Waals surface area (Å²) in [5.74, 6) is -0.382. The predicted octanol–water partition coefficient (Wildman–Crippen LogP) is 6.72. The molecular formula is C27H44O5. The number of carbonyl (C=O) groups is 2. The van der Waals surface area contributed by atoms with Crippen molar-refractivity contribution in [2.24, 2.45) is 17.8 Å². The number of ether oxygens (including phenoxy) is 3. The van der Waals surface area contributed by atoms with Crippen LogP contribution in [0.15, 0.2) is 24.3 Å². The summed E-state index contributed by atoms with van der Waals surface area (Å²) < 4.78 is 16.4. The van der Waals surface area contributed by atoms with Gasteiger partial charge in [-0.15, -0.1) is 0 Å². The molecule has 182 valence electrons. The molecule has 0 bridgehead atoms. The van der Waals surface area contributed by atoms with E-state index in [1.54, 1.807) is 7.11 Å². The third-order valence-electron chi connectivity index (χ3n) is 6.23. The van der Waals surface area contributed by atoms with Crippen molar-refractivity contribution in [3.63, 3.8) is 0 Å². The lowest BCUT2D eigenvalue weighted by Crippen LogP contribution is -2.31. The van der Waals surface area contributed by atoms with Crippen molar-refractivity contribution < 1.29 is 23.8 Å². The molecule has 0 aliphatic rings. The Hall–Kier alpha value is -2.04. The first kappa shape index (κ1) is 28.0. The fraction of sp³-hybridized carbons (Fsp3) is 0.704. The molecule has 5 nitrogen and oxygen atoms in total. The predicted molar refractivity (Wildman–Crippen MR) is 128 cm³/mol. The number of esters is 2. The lowest BCUT2D eigenvalue weighted by Gasteiger charge is -2.22. The lowest BCUT2D eigenvalue weighted by molar-refractivity contribution is -0.164. The standard InChI is InChI=1S/C27H44O5/c1-6-10-12-21(8-3)18-25(26(28)31-19-22(9-4)13-11-7-2)27(29)32-20-23-14-16-24(30-5)17-15-23/h14-17,21-22,25H,6-13,18-20H2,1-5H3. The van der Waals surface area contributed by atoms with Crippen LogP contribution in [0.3, 0.4) is 0 Å². The molecule has 0 aliphatic carbocycles. The Morgan fingerprint density at radius 1 is 0.812 bits per heavy atom. The van der Waals surface area contributed by atoms with Crippen molar-refractivity contribution in [1.29, 1.82) is 0 Å². The number of benzene rings is 1. The van der Waals surface area contributed by atoms with Crippen molar-refractivity contribution in [3.8, 4) is 5.75 Å². The second-order valence-electron chi connectivity index (χ2n) is 8.71. The highest BCUT2D eigenvalue weighted by Crippen LogP contribution is 2.25. The van der Waals surface area contributed by atoms with Crippen molar-refractivity contribution >= 4 is 11.9 Å². The zero-order valence-corrected chi connectivity index (χ0v) is 20.9. The van der Waals surface area contributed by atoms with E-state index in [-0.39, 0.29) is 6.61 Å². The molecule has 32 heavy (non-hydrogen) atoms. The van der Waals surface area contributed by atoms with Gasteiger partial charge in [0.2, 0.25) is 0 Å². The molecule has 0 amide bonds. The normalized spacial score (nSPS) is 13.8. The minimum absolute atomic E-state index is 0.131. The summed E-state index contributed by atoms with van der Waals surface area (Å²) in [7, 11) is 1.61. The van der Waals surface area contributed by atoms with E-state index in [1.807, 2.05) is 24.3 Å². The molecule has 1 aromatic rings. The molecule has 0 fully saturated rings. The van der Waals surface area contributed by atoms with Gasteiger partial charge >= 0.3 is 11.9 Å². The molecule has 0 heterocycles. The molecule has 0 spiro atoms. The molecule has 1 aromatic carbocycles. The van der Waals surface area contributed by atoms with Gasteiger partial charge in [0, 0.05) is 0 Å². The first-order chi connectivity index (χ1) is 15.5. The Balaban J connectivity index is 2.79. The SMILES string of the molecule is CCCCC(CC)COC(=O)C(CC(CC)CCCC)C(=O)OCc1ccc(OC)cc1. The Bertz CT molecular complexity index is 640. The molecular weight excluding hydrogens is 404 g/mol. The van der Waals surface area contributed by atoms with Crippen LogP contribution >= 0.6 is 0 Å². The molecule has 0 aromatic heterocycles. The summed E-state index contributed by atoms with van der Waals surface area (Å²) in [6, 6.07) is 7.37. The van der Waals surface area contributed by atoms with Crippen molar-refractivity contribution in [2.75, 3.05) is 13.7 Å². The Morgan fingerprint density at radius 2 is 1.38 bits per heavy atom. The van der Waals surface area contributed by atoms with Gasteiger partial charge in [0.1, 0.15) is 12.4 Å². The van der Waals surface area contributed by atoms with Crippen molar-refractivity contribution in [1.82, 2.24) is 0 Å². The molecule has 3 atom stereocenters. The van der Waals surface area contributed by atoms with Crippen molar-refractivity contribution in [3.05, 3.63) is 29.8 Å². The Kier molecular flexibility index (Phi) is 14.5. The number of rotatable bonds is 17. The Morgan fingerprint density at radius 3 is 1.91 bits per heavy atom. The topological polar surface area (TPSA) is 61.8 Å². The van der Waals surface area contributed by atoms with E-state index in [9.17, 15) is 9.59 Å². The number of hydrogen-bond acceptors (Lipinski definition) is 5. The van der Waals surface area contributed by atoms with E-state index in [0.29, 0.717) is 24.9 Å². The smallest absolute Gasteiger partial charge is 0.320 e. The number of methoxy groups -OCH3 is 1. The van der Waals surface area contributed by atoms with E-state index in [1.165, 1.54) is 0 Å². The maximum Gasteiger partial charge on any atom is 0.320 e. The van der Waals surface area contributed by atoms with Crippen LogP contribution in [-0.4, -0.2) is 25.7 Å². The molecule has 1 rings (SSSR count). The fourth-order valence-electron chi connectivity index (χ4n) is 3.78. The minimum Gasteiger partial charge on any atom is -0.497 e. The van der Waals surface area contributed by atoms with Crippen LogP contribution in [0, 0.1) is 17.8 Å².